The van der Waals surface area contributed by atoms with E-state index in [-0.39, 0.29) is 11.7 Å². The lowest BCUT2D eigenvalue weighted by Gasteiger charge is -2.30. The quantitative estimate of drug-likeness (QED) is 0.932. The van der Waals surface area contributed by atoms with Crippen molar-refractivity contribution in [2.45, 2.75) is 19.4 Å². The fourth-order valence-electron chi connectivity index (χ4n) is 2.31. The summed E-state index contributed by atoms with van der Waals surface area (Å²) in [6.07, 6.45) is 1.57. The first-order chi connectivity index (χ1) is 8.58. The summed E-state index contributed by atoms with van der Waals surface area (Å²) in [4.78, 5) is 13.0. The SMILES string of the molecule is O=C(O)C1CCCN(Cc2cccc(Br)c2F)C1. The lowest BCUT2D eigenvalue weighted by atomic mass is 9.98. The van der Waals surface area contributed by atoms with Gasteiger partial charge in [0.15, 0.2) is 0 Å². The Labute approximate surface area is 114 Å². The highest BCUT2D eigenvalue weighted by atomic mass is 79.9. The molecule has 1 atom stereocenters. The van der Waals surface area contributed by atoms with Gasteiger partial charge < -0.3 is 5.11 Å². The van der Waals surface area contributed by atoms with Crippen molar-refractivity contribution in [3.05, 3.63) is 34.1 Å². The fourth-order valence-corrected chi connectivity index (χ4v) is 2.72. The van der Waals surface area contributed by atoms with Crippen molar-refractivity contribution in [3.8, 4) is 0 Å². The van der Waals surface area contributed by atoms with Gasteiger partial charge in [-0.25, -0.2) is 4.39 Å². The Kier molecular flexibility index (Phi) is 4.35. The maximum atomic E-state index is 13.8. The standard InChI is InChI=1S/C13H15BrFNO2/c14-11-5-1-3-9(12(11)15)7-16-6-2-4-10(8-16)13(17)18/h1,3,5,10H,2,4,6-8H2,(H,17,18). The maximum Gasteiger partial charge on any atom is 0.307 e. The Hall–Kier alpha value is -0.940. The van der Waals surface area contributed by atoms with Gasteiger partial charge in [0, 0.05) is 18.7 Å². The van der Waals surface area contributed by atoms with Crippen molar-refractivity contribution >= 4 is 21.9 Å². The number of hydrogen-bond donors (Lipinski definition) is 1. The van der Waals surface area contributed by atoms with Crippen LogP contribution in [0.4, 0.5) is 4.39 Å². The van der Waals surface area contributed by atoms with Crippen LogP contribution in [0.25, 0.3) is 0 Å². The molecule has 1 aliphatic heterocycles. The number of likely N-dealkylation sites (tertiary alicyclic amines) is 1. The first-order valence-electron chi connectivity index (χ1n) is 5.96. The van der Waals surface area contributed by atoms with Gasteiger partial charge in [-0.15, -0.1) is 0 Å². The smallest absolute Gasteiger partial charge is 0.307 e. The number of carbonyl (C=O) groups is 1. The number of halogens is 2. The second kappa shape index (κ2) is 5.80. The molecule has 0 aliphatic carbocycles. The van der Waals surface area contributed by atoms with Gasteiger partial charge in [0.2, 0.25) is 0 Å². The molecule has 1 saturated heterocycles. The number of hydrogen-bond acceptors (Lipinski definition) is 2. The molecule has 0 spiro atoms. The fraction of sp³-hybridized carbons (Fsp3) is 0.462. The van der Waals surface area contributed by atoms with E-state index in [2.05, 4.69) is 15.9 Å². The molecule has 1 aliphatic rings. The topological polar surface area (TPSA) is 40.5 Å². The average molecular weight is 316 g/mol. The van der Waals surface area contributed by atoms with Crippen LogP contribution in [0, 0.1) is 11.7 Å². The molecule has 1 aromatic carbocycles. The van der Waals surface area contributed by atoms with Crippen LogP contribution in [0.15, 0.2) is 22.7 Å². The van der Waals surface area contributed by atoms with Gasteiger partial charge in [-0.05, 0) is 41.4 Å². The number of benzene rings is 1. The third-order valence-electron chi connectivity index (χ3n) is 3.28. The molecule has 1 N–H and O–H groups in total. The minimum Gasteiger partial charge on any atom is -0.481 e. The lowest BCUT2D eigenvalue weighted by Crippen LogP contribution is -2.38. The summed E-state index contributed by atoms with van der Waals surface area (Å²) in [5.74, 6) is -1.33. The predicted molar refractivity (Wildman–Crippen MR) is 69.7 cm³/mol. The zero-order chi connectivity index (χ0) is 13.1. The lowest BCUT2D eigenvalue weighted by molar-refractivity contribution is -0.143. The highest BCUT2D eigenvalue weighted by Crippen LogP contribution is 2.23. The number of aliphatic carboxylic acids is 1. The first-order valence-corrected chi connectivity index (χ1v) is 6.75. The van der Waals surface area contributed by atoms with Crippen LogP contribution < -0.4 is 0 Å². The highest BCUT2D eigenvalue weighted by molar-refractivity contribution is 9.10. The molecular formula is C13H15BrFNO2. The van der Waals surface area contributed by atoms with Crippen molar-refractivity contribution in [1.82, 2.24) is 4.90 Å². The molecule has 0 aromatic heterocycles. The van der Waals surface area contributed by atoms with Gasteiger partial charge >= 0.3 is 5.97 Å². The van der Waals surface area contributed by atoms with Crippen molar-refractivity contribution in [2.75, 3.05) is 13.1 Å². The second-order valence-corrected chi connectivity index (χ2v) is 5.48. The van der Waals surface area contributed by atoms with E-state index in [0.717, 1.165) is 13.0 Å². The summed E-state index contributed by atoms with van der Waals surface area (Å²) in [5.41, 5.74) is 0.607. The van der Waals surface area contributed by atoms with E-state index in [1.54, 1.807) is 18.2 Å². The van der Waals surface area contributed by atoms with Gasteiger partial charge in [-0.2, -0.15) is 0 Å². The highest BCUT2D eigenvalue weighted by Gasteiger charge is 2.25. The zero-order valence-electron chi connectivity index (χ0n) is 9.90. The van der Waals surface area contributed by atoms with Crippen LogP contribution in [0.5, 0.6) is 0 Å². The van der Waals surface area contributed by atoms with Crippen molar-refractivity contribution in [1.29, 1.82) is 0 Å². The molecule has 1 unspecified atom stereocenters. The second-order valence-electron chi connectivity index (χ2n) is 4.63. The van der Waals surface area contributed by atoms with Crippen molar-refractivity contribution in [3.63, 3.8) is 0 Å². The van der Waals surface area contributed by atoms with Crippen LogP contribution in [-0.2, 0) is 11.3 Å². The number of nitrogens with zero attached hydrogens (tertiary/aromatic N) is 1. The summed E-state index contributed by atoms with van der Waals surface area (Å²) in [6.45, 7) is 1.80. The summed E-state index contributed by atoms with van der Waals surface area (Å²) < 4.78 is 14.3. The normalized spacial score (nSPS) is 20.9. The van der Waals surface area contributed by atoms with E-state index in [0.29, 0.717) is 29.5 Å². The van der Waals surface area contributed by atoms with Gasteiger partial charge in [0.1, 0.15) is 5.82 Å². The first kappa shape index (κ1) is 13.5. The van der Waals surface area contributed by atoms with Crippen LogP contribution >= 0.6 is 15.9 Å². The molecule has 0 bridgehead atoms. The molecule has 3 nitrogen and oxygen atoms in total. The number of piperidine rings is 1. The molecule has 0 radical (unpaired) electrons. The van der Waals surface area contributed by atoms with E-state index < -0.39 is 5.97 Å². The Balaban J connectivity index is 2.05. The Morgan fingerprint density at radius 1 is 1.56 bits per heavy atom. The van der Waals surface area contributed by atoms with Gasteiger partial charge in [-0.1, -0.05) is 12.1 Å². The number of carboxylic acids is 1. The summed E-state index contributed by atoms with van der Waals surface area (Å²) >= 11 is 3.16. The molecule has 0 saturated carbocycles. The number of rotatable bonds is 3. The van der Waals surface area contributed by atoms with Crippen LogP contribution in [0.2, 0.25) is 0 Å². The Bertz CT molecular complexity index is 453. The zero-order valence-corrected chi connectivity index (χ0v) is 11.5. The van der Waals surface area contributed by atoms with E-state index in [9.17, 15) is 9.18 Å². The van der Waals surface area contributed by atoms with Gasteiger partial charge in [0.25, 0.3) is 0 Å². The largest absolute Gasteiger partial charge is 0.481 e. The summed E-state index contributed by atoms with van der Waals surface area (Å²) in [5, 5.41) is 9.01. The van der Waals surface area contributed by atoms with Crippen LogP contribution in [0.1, 0.15) is 18.4 Å². The average Bonchev–Trinajstić information content (AvgIpc) is 2.35. The van der Waals surface area contributed by atoms with Gasteiger partial charge in [-0.3, -0.25) is 9.69 Å². The molecule has 5 heteroatoms. The van der Waals surface area contributed by atoms with Gasteiger partial charge in [0.05, 0.1) is 10.4 Å². The number of carboxylic acid groups (broad SMARTS) is 1. The predicted octanol–water partition coefficient (Wildman–Crippen LogP) is 2.88. The molecular weight excluding hydrogens is 301 g/mol. The maximum absolute atomic E-state index is 13.8. The summed E-state index contributed by atoms with van der Waals surface area (Å²) in [7, 11) is 0. The monoisotopic (exact) mass is 315 g/mol. The van der Waals surface area contributed by atoms with Crippen molar-refractivity contribution in [2.24, 2.45) is 5.92 Å². The molecule has 2 rings (SSSR count). The minimum atomic E-state index is -0.755. The van der Waals surface area contributed by atoms with E-state index >= 15 is 0 Å². The Morgan fingerprint density at radius 2 is 2.33 bits per heavy atom. The van der Waals surface area contributed by atoms with E-state index in [1.807, 2.05) is 4.90 Å². The third-order valence-corrected chi connectivity index (χ3v) is 3.89. The summed E-state index contributed by atoms with van der Waals surface area (Å²) in [6, 6.07) is 5.20. The third kappa shape index (κ3) is 3.09. The minimum absolute atomic E-state index is 0.255. The molecule has 0 amide bonds. The Morgan fingerprint density at radius 3 is 3.06 bits per heavy atom. The molecule has 1 aromatic rings. The molecule has 1 heterocycles. The molecule has 18 heavy (non-hydrogen) atoms. The molecule has 1 fully saturated rings. The van der Waals surface area contributed by atoms with Crippen molar-refractivity contribution < 1.29 is 14.3 Å². The molecule has 98 valence electrons. The van der Waals surface area contributed by atoms with E-state index in [1.165, 1.54) is 0 Å². The van der Waals surface area contributed by atoms with Crippen LogP contribution in [-0.4, -0.2) is 29.1 Å². The van der Waals surface area contributed by atoms with E-state index in [4.69, 9.17) is 5.11 Å². The van der Waals surface area contributed by atoms with Crippen LogP contribution in [0.3, 0.4) is 0 Å².